The lowest BCUT2D eigenvalue weighted by Gasteiger charge is -2.14. The van der Waals surface area contributed by atoms with E-state index in [-0.39, 0.29) is 5.97 Å². The number of hydrogen-bond acceptors (Lipinski definition) is 5. The van der Waals surface area contributed by atoms with Crippen molar-refractivity contribution in [1.29, 1.82) is 0 Å². The normalized spacial score (nSPS) is 11.8. The van der Waals surface area contributed by atoms with Gasteiger partial charge >= 0.3 is 5.97 Å². The first-order valence-electron chi connectivity index (χ1n) is 11.9. The molecule has 6 heteroatoms. The highest BCUT2D eigenvalue weighted by Crippen LogP contribution is 2.26. The lowest BCUT2D eigenvalue weighted by Crippen LogP contribution is -2.27. The fourth-order valence-corrected chi connectivity index (χ4v) is 3.85. The van der Waals surface area contributed by atoms with E-state index in [0.717, 1.165) is 34.6 Å². The number of H-pyrrole nitrogens is 1. The number of carbonyl (C=O) groups excluding carboxylic acids is 1. The number of aromatic nitrogens is 1. The summed E-state index contributed by atoms with van der Waals surface area (Å²) in [5.74, 6) is 1.28. The van der Waals surface area contributed by atoms with E-state index in [1.807, 2.05) is 42.6 Å². The zero-order valence-corrected chi connectivity index (χ0v) is 20.2. The van der Waals surface area contributed by atoms with Crippen LogP contribution in [0.3, 0.4) is 0 Å². The Morgan fingerprint density at radius 3 is 2.17 bits per heavy atom. The average Bonchev–Trinajstić information content (AvgIpc) is 3.36. The van der Waals surface area contributed by atoms with Gasteiger partial charge in [-0.2, -0.15) is 0 Å². The minimum Gasteiger partial charge on any atom is -0.493 e. The van der Waals surface area contributed by atoms with Crippen LogP contribution in [0.2, 0.25) is 0 Å². The minimum absolute atomic E-state index is 0.339. The molecule has 0 fully saturated rings. The van der Waals surface area contributed by atoms with Gasteiger partial charge in [0.15, 0.2) is 6.10 Å². The molecular weight excluding hydrogens is 442 g/mol. The first-order valence-corrected chi connectivity index (χ1v) is 11.9. The molecule has 1 atom stereocenters. The quantitative estimate of drug-likeness (QED) is 0.208. The van der Waals surface area contributed by atoms with E-state index in [1.165, 1.54) is 18.1 Å². The van der Waals surface area contributed by atoms with Gasteiger partial charge in [0.2, 0.25) is 0 Å². The van der Waals surface area contributed by atoms with E-state index in [0.29, 0.717) is 26.2 Å². The topological polar surface area (TPSA) is 69.8 Å². The van der Waals surface area contributed by atoms with Crippen molar-refractivity contribution in [1.82, 2.24) is 4.98 Å². The maximum absolute atomic E-state index is 11.9. The molecule has 1 N–H and O–H groups in total. The molecule has 35 heavy (non-hydrogen) atoms. The number of esters is 1. The second-order valence-corrected chi connectivity index (χ2v) is 8.18. The van der Waals surface area contributed by atoms with Gasteiger partial charge < -0.3 is 23.9 Å². The number of benzene rings is 3. The van der Waals surface area contributed by atoms with Gasteiger partial charge in [-0.25, -0.2) is 4.79 Å². The molecule has 0 aliphatic rings. The van der Waals surface area contributed by atoms with E-state index < -0.39 is 6.10 Å². The third kappa shape index (κ3) is 6.64. The van der Waals surface area contributed by atoms with Gasteiger partial charge in [-0.05, 0) is 71.5 Å². The maximum atomic E-state index is 11.9. The van der Waals surface area contributed by atoms with Crippen LogP contribution in [0.5, 0.6) is 11.5 Å². The van der Waals surface area contributed by atoms with Gasteiger partial charge in [-0.15, -0.1) is 0 Å². The number of nitrogens with one attached hydrogen (secondary N) is 1. The largest absolute Gasteiger partial charge is 0.493 e. The number of rotatable bonds is 12. The second kappa shape index (κ2) is 12.1. The smallest absolute Gasteiger partial charge is 0.335 e. The zero-order chi connectivity index (χ0) is 24.5. The van der Waals surface area contributed by atoms with Crippen LogP contribution in [0.4, 0.5) is 0 Å². The van der Waals surface area contributed by atoms with Crippen LogP contribution in [0.1, 0.15) is 18.9 Å². The molecule has 0 amide bonds. The Hall–Kier alpha value is -3.77. The van der Waals surface area contributed by atoms with E-state index in [2.05, 4.69) is 41.4 Å². The molecule has 0 spiro atoms. The number of hydrogen-bond donors (Lipinski definition) is 1. The highest BCUT2D eigenvalue weighted by atomic mass is 16.6. The van der Waals surface area contributed by atoms with Crippen molar-refractivity contribution in [3.8, 4) is 22.6 Å². The molecule has 4 aromatic rings. The molecule has 0 radical (unpaired) electrons. The molecule has 1 aromatic heterocycles. The number of carbonyl (C=O) groups is 1. The summed E-state index contributed by atoms with van der Waals surface area (Å²) in [6.07, 6.45) is 2.58. The lowest BCUT2D eigenvalue weighted by atomic mass is 10.0. The van der Waals surface area contributed by atoms with Crippen LogP contribution in [-0.2, 0) is 20.7 Å². The Labute approximate surface area is 205 Å². The fraction of sp³-hybridized carbons (Fsp3) is 0.276. The molecule has 0 unspecified atom stereocenters. The third-order valence-electron chi connectivity index (χ3n) is 5.75. The Morgan fingerprint density at radius 2 is 1.51 bits per heavy atom. The van der Waals surface area contributed by atoms with Crippen LogP contribution in [0.25, 0.3) is 22.0 Å². The molecule has 0 bridgehead atoms. The Balaban J connectivity index is 1.18. The lowest BCUT2D eigenvalue weighted by molar-refractivity contribution is -0.154. The van der Waals surface area contributed by atoms with Crippen molar-refractivity contribution in [2.45, 2.75) is 25.9 Å². The standard InChI is InChI=1S/C29H31NO5/c1-3-33-29(31)28(32-2)19-21-5-10-25(11-6-21)34-17-4-18-35-26-12-7-22(8-13-26)23-9-14-27-24(20-23)15-16-30-27/h5-16,20,28,30H,3-4,17-19H2,1-2H3/t28-/m0/s1. The van der Waals surface area contributed by atoms with Crippen LogP contribution in [-0.4, -0.2) is 44.0 Å². The maximum Gasteiger partial charge on any atom is 0.335 e. The summed E-state index contributed by atoms with van der Waals surface area (Å²) in [6.45, 7) is 3.25. The summed E-state index contributed by atoms with van der Waals surface area (Å²) in [5, 5.41) is 1.20. The molecular formula is C29H31NO5. The Kier molecular flexibility index (Phi) is 8.41. The van der Waals surface area contributed by atoms with Crippen molar-refractivity contribution in [2.24, 2.45) is 0 Å². The van der Waals surface area contributed by atoms with Crippen molar-refractivity contribution in [3.63, 3.8) is 0 Å². The van der Waals surface area contributed by atoms with Crippen molar-refractivity contribution in [2.75, 3.05) is 26.9 Å². The summed E-state index contributed by atoms with van der Waals surface area (Å²) in [5.41, 5.74) is 4.46. The highest BCUT2D eigenvalue weighted by Gasteiger charge is 2.19. The average molecular weight is 474 g/mol. The molecule has 1 heterocycles. The van der Waals surface area contributed by atoms with Crippen molar-refractivity contribution >= 4 is 16.9 Å². The van der Waals surface area contributed by atoms with Gasteiger partial charge in [0, 0.05) is 31.7 Å². The van der Waals surface area contributed by atoms with Gasteiger partial charge in [0.25, 0.3) is 0 Å². The zero-order valence-electron chi connectivity index (χ0n) is 20.2. The second-order valence-electron chi connectivity index (χ2n) is 8.18. The number of methoxy groups -OCH3 is 1. The number of ether oxygens (including phenoxy) is 4. The summed E-state index contributed by atoms with van der Waals surface area (Å²) in [7, 11) is 1.51. The van der Waals surface area contributed by atoms with E-state index >= 15 is 0 Å². The SMILES string of the molecule is CCOC(=O)[C@H](Cc1ccc(OCCCOc2ccc(-c3ccc4[nH]ccc4c3)cc2)cc1)OC. The summed E-state index contributed by atoms with van der Waals surface area (Å²) in [6, 6.07) is 24.3. The predicted octanol–water partition coefficient (Wildman–Crippen LogP) is 5.80. The van der Waals surface area contributed by atoms with Crippen LogP contribution >= 0.6 is 0 Å². The predicted molar refractivity (Wildman–Crippen MR) is 137 cm³/mol. The molecule has 3 aromatic carbocycles. The third-order valence-corrected chi connectivity index (χ3v) is 5.75. The fourth-order valence-electron chi connectivity index (χ4n) is 3.85. The van der Waals surface area contributed by atoms with Crippen LogP contribution in [0, 0.1) is 0 Å². The van der Waals surface area contributed by atoms with Crippen molar-refractivity contribution in [3.05, 3.63) is 84.6 Å². The Bertz CT molecular complexity index is 1210. The van der Waals surface area contributed by atoms with Crippen LogP contribution < -0.4 is 9.47 Å². The molecule has 4 rings (SSSR count). The minimum atomic E-state index is -0.601. The molecule has 0 aliphatic heterocycles. The molecule has 0 saturated heterocycles. The van der Waals surface area contributed by atoms with E-state index in [1.54, 1.807) is 6.92 Å². The monoisotopic (exact) mass is 473 g/mol. The van der Waals surface area contributed by atoms with Crippen molar-refractivity contribution < 1.29 is 23.7 Å². The van der Waals surface area contributed by atoms with Gasteiger partial charge in [-0.3, -0.25) is 0 Å². The molecule has 0 saturated carbocycles. The Morgan fingerprint density at radius 1 is 0.857 bits per heavy atom. The first kappa shape index (κ1) is 24.4. The van der Waals surface area contributed by atoms with Crippen LogP contribution in [0.15, 0.2) is 79.0 Å². The van der Waals surface area contributed by atoms with E-state index in [9.17, 15) is 4.79 Å². The molecule has 0 aliphatic carbocycles. The first-order chi connectivity index (χ1) is 17.2. The molecule has 6 nitrogen and oxygen atoms in total. The summed E-state index contributed by atoms with van der Waals surface area (Å²) >= 11 is 0. The number of fused-ring (bicyclic) bond motifs is 1. The highest BCUT2D eigenvalue weighted by molar-refractivity contribution is 5.85. The number of aromatic amines is 1. The summed E-state index contributed by atoms with van der Waals surface area (Å²) < 4.78 is 22.0. The van der Waals surface area contributed by atoms with Gasteiger partial charge in [0.05, 0.1) is 19.8 Å². The summed E-state index contributed by atoms with van der Waals surface area (Å²) in [4.78, 5) is 15.1. The van der Waals surface area contributed by atoms with E-state index in [4.69, 9.17) is 18.9 Å². The molecule has 182 valence electrons. The van der Waals surface area contributed by atoms with Gasteiger partial charge in [0.1, 0.15) is 11.5 Å². The van der Waals surface area contributed by atoms with Gasteiger partial charge in [-0.1, -0.05) is 30.3 Å².